The van der Waals surface area contributed by atoms with E-state index < -0.39 is 0 Å². The van der Waals surface area contributed by atoms with Crippen molar-refractivity contribution in [2.45, 2.75) is 69.1 Å². The molecule has 0 aromatic heterocycles. The normalized spacial score (nSPS) is 27.8. The zero-order valence-corrected chi connectivity index (χ0v) is 12.9. The van der Waals surface area contributed by atoms with Crippen molar-refractivity contribution in [1.82, 2.24) is 5.32 Å². The third-order valence-electron chi connectivity index (χ3n) is 4.56. The number of halogens is 1. The fourth-order valence-electron chi connectivity index (χ4n) is 3.48. The van der Waals surface area contributed by atoms with E-state index in [1.54, 1.807) is 7.11 Å². The van der Waals surface area contributed by atoms with Crippen LogP contribution < -0.4 is 5.32 Å². The molecule has 2 atom stereocenters. The Balaban J connectivity index is 1.71. The van der Waals surface area contributed by atoms with Crippen LogP contribution in [0, 0.1) is 0 Å². The number of hydrogen-bond donors (Lipinski definition) is 1. The summed E-state index contributed by atoms with van der Waals surface area (Å²) >= 11 is 5.82. The summed E-state index contributed by atoms with van der Waals surface area (Å²) in [5.41, 5.74) is 0.230. The maximum atomic E-state index is 6.36. The Morgan fingerprint density at radius 1 is 1.32 bits per heavy atom. The maximum Gasteiger partial charge on any atom is 0.0708 e. The highest BCUT2D eigenvalue weighted by atomic mass is 35.5. The molecule has 0 amide bonds. The first kappa shape index (κ1) is 15.6. The lowest BCUT2D eigenvalue weighted by atomic mass is 9.83. The molecule has 19 heavy (non-hydrogen) atoms. The van der Waals surface area contributed by atoms with Gasteiger partial charge in [0.1, 0.15) is 0 Å². The van der Waals surface area contributed by atoms with Crippen LogP contribution in [0.5, 0.6) is 0 Å². The Morgan fingerprint density at radius 2 is 2.11 bits per heavy atom. The molecule has 1 N–H and O–H groups in total. The molecule has 2 fully saturated rings. The molecule has 1 aliphatic carbocycles. The van der Waals surface area contributed by atoms with Gasteiger partial charge >= 0.3 is 0 Å². The van der Waals surface area contributed by atoms with Gasteiger partial charge in [-0.25, -0.2) is 0 Å². The number of hydrogen-bond acceptors (Lipinski definition) is 3. The lowest BCUT2D eigenvalue weighted by Crippen LogP contribution is -2.40. The first-order chi connectivity index (χ1) is 9.28. The summed E-state index contributed by atoms with van der Waals surface area (Å²) in [7, 11) is 1.74. The zero-order chi connectivity index (χ0) is 13.6. The van der Waals surface area contributed by atoms with Crippen molar-refractivity contribution >= 4 is 11.6 Å². The quantitative estimate of drug-likeness (QED) is 0.731. The van der Waals surface area contributed by atoms with Crippen molar-refractivity contribution in [3.05, 3.63) is 0 Å². The van der Waals surface area contributed by atoms with Gasteiger partial charge in [0, 0.05) is 25.6 Å². The standard InChI is InChI=1S/C15H28ClNO2/c1-18-12-13(6-10-16)17-11-14-5-9-15(19-14)7-3-2-4-8-15/h13-14,17H,2-12H2,1H3. The minimum absolute atomic E-state index is 0.230. The average Bonchev–Trinajstić information content (AvgIpc) is 2.80. The van der Waals surface area contributed by atoms with Gasteiger partial charge in [-0.2, -0.15) is 0 Å². The summed E-state index contributed by atoms with van der Waals surface area (Å²) in [4.78, 5) is 0. The Hall–Kier alpha value is 0.170. The van der Waals surface area contributed by atoms with E-state index in [9.17, 15) is 0 Å². The van der Waals surface area contributed by atoms with Crippen LogP contribution in [0.4, 0.5) is 0 Å². The highest BCUT2D eigenvalue weighted by Gasteiger charge is 2.40. The summed E-state index contributed by atoms with van der Waals surface area (Å²) in [5, 5.41) is 3.55. The molecule has 1 heterocycles. The Labute approximate surface area is 122 Å². The number of nitrogens with one attached hydrogen (secondary N) is 1. The van der Waals surface area contributed by atoms with Crippen LogP contribution in [0.3, 0.4) is 0 Å². The van der Waals surface area contributed by atoms with Gasteiger partial charge in [0.15, 0.2) is 0 Å². The van der Waals surface area contributed by atoms with Crippen LogP contribution in [0.2, 0.25) is 0 Å². The number of methoxy groups -OCH3 is 1. The van der Waals surface area contributed by atoms with Crippen molar-refractivity contribution in [1.29, 1.82) is 0 Å². The van der Waals surface area contributed by atoms with Gasteiger partial charge < -0.3 is 14.8 Å². The highest BCUT2D eigenvalue weighted by molar-refractivity contribution is 6.17. The van der Waals surface area contributed by atoms with E-state index >= 15 is 0 Å². The first-order valence-electron chi connectivity index (χ1n) is 7.74. The smallest absolute Gasteiger partial charge is 0.0708 e. The van der Waals surface area contributed by atoms with Crippen molar-refractivity contribution in [3.63, 3.8) is 0 Å². The van der Waals surface area contributed by atoms with Crippen LogP contribution in [0.15, 0.2) is 0 Å². The molecule has 0 radical (unpaired) electrons. The summed E-state index contributed by atoms with van der Waals surface area (Å²) in [6.07, 6.45) is 10.4. The van der Waals surface area contributed by atoms with E-state index in [0.29, 0.717) is 18.0 Å². The Bertz CT molecular complexity index is 251. The number of alkyl halides is 1. The predicted octanol–water partition coefficient (Wildman–Crippen LogP) is 3.10. The molecule has 2 rings (SSSR count). The van der Waals surface area contributed by atoms with Crippen molar-refractivity contribution in [2.75, 3.05) is 26.1 Å². The van der Waals surface area contributed by atoms with Crippen LogP contribution in [-0.4, -0.2) is 43.9 Å². The van der Waals surface area contributed by atoms with Gasteiger partial charge in [0.05, 0.1) is 18.3 Å². The number of ether oxygens (including phenoxy) is 2. The van der Waals surface area contributed by atoms with Crippen LogP contribution in [-0.2, 0) is 9.47 Å². The molecule has 1 aliphatic heterocycles. The molecular formula is C15H28ClNO2. The predicted molar refractivity (Wildman–Crippen MR) is 78.9 cm³/mol. The minimum Gasteiger partial charge on any atom is -0.383 e. The summed E-state index contributed by atoms with van der Waals surface area (Å²) < 4.78 is 11.6. The van der Waals surface area contributed by atoms with Crippen LogP contribution in [0.25, 0.3) is 0 Å². The Kier molecular flexibility index (Phi) is 6.40. The zero-order valence-electron chi connectivity index (χ0n) is 12.1. The van der Waals surface area contributed by atoms with Gasteiger partial charge in [-0.15, -0.1) is 11.6 Å². The molecule has 1 saturated heterocycles. The maximum absolute atomic E-state index is 6.36. The van der Waals surface area contributed by atoms with Gasteiger partial charge in [-0.1, -0.05) is 19.3 Å². The molecule has 2 unspecified atom stereocenters. The largest absolute Gasteiger partial charge is 0.383 e. The summed E-state index contributed by atoms with van der Waals surface area (Å²) in [5.74, 6) is 0.677. The van der Waals surface area contributed by atoms with Crippen LogP contribution in [0.1, 0.15) is 51.4 Å². The van der Waals surface area contributed by atoms with E-state index in [0.717, 1.165) is 19.6 Å². The van der Waals surface area contributed by atoms with Crippen LogP contribution >= 0.6 is 11.6 Å². The van der Waals surface area contributed by atoms with Crippen molar-refractivity contribution in [2.24, 2.45) is 0 Å². The third kappa shape index (κ3) is 4.59. The lowest BCUT2D eigenvalue weighted by molar-refractivity contribution is -0.0633. The fourth-order valence-corrected chi connectivity index (χ4v) is 3.74. The molecule has 112 valence electrons. The molecular weight excluding hydrogens is 262 g/mol. The topological polar surface area (TPSA) is 30.5 Å². The van der Waals surface area contributed by atoms with Gasteiger partial charge in [-0.05, 0) is 32.1 Å². The summed E-state index contributed by atoms with van der Waals surface area (Å²) in [6, 6.07) is 0.356. The lowest BCUT2D eigenvalue weighted by Gasteiger charge is -2.33. The van der Waals surface area contributed by atoms with E-state index in [1.807, 2.05) is 0 Å². The molecule has 0 aromatic carbocycles. The van der Waals surface area contributed by atoms with Gasteiger partial charge in [-0.3, -0.25) is 0 Å². The second kappa shape index (κ2) is 7.82. The molecule has 2 aliphatic rings. The van der Waals surface area contributed by atoms with Gasteiger partial charge in [0.25, 0.3) is 0 Å². The minimum atomic E-state index is 0.230. The molecule has 1 saturated carbocycles. The first-order valence-corrected chi connectivity index (χ1v) is 8.27. The Morgan fingerprint density at radius 3 is 2.79 bits per heavy atom. The van der Waals surface area contributed by atoms with E-state index in [1.165, 1.54) is 44.9 Å². The fraction of sp³-hybridized carbons (Fsp3) is 1.00. The average molecular weight is 290 g/mol. The second-order valence-electron chi connectivity index (χ2n) is 6.06. The SMILES string of the molecule is COCC(CCCl)NCC1CCC2(CCCCC2)O1. The molecule has 0 bridgehead atoms. The molecule has 1 spiro atoms. The highest BCUT2D eigenvalue weighted by Crippen LogP contribution is 2.41. The van der Waals surface area contributed by atoms with Gasteiger partial charge in [0.2, 0.25) is 0 Å². The van der Waals surface area contributed by atoms with E-state index in [2.05, 4.69) is 5.32 Å². The monoisotopic (exact) mass is 289 g/mol. The molecule has 0 aromatic rings. The van der Waals surface area contributed by atoms with E-state index in [4.69, 9.17) is 21.1 Å². The van der Waals surface area contributed by atoms with Crippen molar-refractivity contribution < 1.29 is 9.47 Å². The number of rotatable bonds is 7. The second-order valence-corrected chi connectivity index (χ2v) is 6.44. The van der Waals surface area contributed by atoms with Crippen molar-refractivity contribution in [3.8, 4) is 0 Å². The molecule has 3 nitrogen and oxygen atoms in total. The third-order valence-corrected chi connectivity index (χ3v) is 4.78. The molecule has 4 heteroatoms. The van der Waals surface area contributed by atoms with E-state index in [-0.39, 0.29) is 5.60 Å². The summed E-state index contributed by atoms with van der Waals surface area (Å²) in [6.45, 7) is 1.66.